The number of methoxy groups -OCH3 is 1. The molecule has 3 heterocycles. The molecule has 0 saturated carbocycles. The van der Waals surface area contributed by atoms with Crippen LogP contribution >= 0.6 is 0 Å². The van der Waals surface area contributed by atoms with Gasteiger partial charge in [0.15, 0.2) is 0 Å². The van der Waals surface area contributed by atoms with Crippen LogP contribution in [-0.2, 0) is 17.4 Å². The molecule has 0 bridgehead atoms. The summed E-state index contributed by atoms with van der Waals surface area (Å²) in [6, 6.07) is 0. The van der Waals surface area contributed by atoms with Crippen LogP contribution in [-0.4, -0.2) is 39.7 Å². The summed E-state index contributed by atoms with van der Waals surface area (Å²) in [5, 5.41) is 0. The van der Waals surface area contributed by atoms with Gasteiger partial charge in [0.05, 0.1) is 11.4 Å². The Balaban J connectivity index is 1.82. The molecule has 1 aliphatic heterocycles. The lowest BCUT2D eigenvalue weighted by Crippen LogP contribution is -2.45. The molecule has 0 atom stereocenters. The monoisotopic (exact) mass is 301 g/mol. The van der Waals surface area contributed by atoms with Crippen molar-refractivity contribution in [3.63, 3.8) is 0 Å². The molecule has 1 saturated heterocycles. The van der Waals surface area contributed by atoms with E-state index in [1.165, 1.54) is 0 Å². The van der Waals surface area contributed by atoms with Gasteiger partial charge in [0.2, 0.25) is 0 Å². The lowest BCUT2D eigenvalue weighted by molar-refractivity contribution is -0.0438. The smallest absolute Gasteiger partial charge is 0.150 e. The Morgan fingerprint density at radius 1 is 1.18 bits per heavy atom. The molecule has 6 heteroatoms. The van der Waals surface area contributed by atoms with Gasteiger partial charge < -0.3 is 14.2 Å². The summed E-state index contributed by atoms with van der Waals surface area (Å²) in [4.78, 5) is 15.9. The van der Waals surface area contributed by atoms with Gasteiger partial charge in [0, 0.05) is 58.7 Å². The number of imidazole rings is 1. The number of rotatable bonds is 3. The van der Waals surface area contributed by atoms with Gasteiger partial charge in [-0.25, -0.2) is 9.97 Å². The number of aromatic nitrogens is 4. The predicted molar refractivity (Wildman–Crippen MR) is 84.8 cm³/mol. The van der Waals surface area contributed by atoms with Crippen LogP contribution in [0.4, 0.5) is 5.82 Å². The number of anilines is 1. The average molecular weight is 301 g/mol. The highest BCUT2D eigenvalue weighted by atomic mass is 16.5. The predicted octanol–water partition coefficient (Wildman–Crippen LogP) is 1.97. The largest absolute Gasteiger partial charge is 0.370 e. The van der Waals surface area contributed by atoms with Crippen molar-refractivity contribution in [2.45, 2.75) is 32.3 Å². The zero-order valence-electron chi connectivity index (χ0n) is 13.7. The molecule has 0 amide bonds. The number of hydrogen-bond acceptors (Lipinski definition) is 5. The Bertz CT molecular complexity index is 658. The molecule has 6 nitrogen and oxygen atoms in total. The zero-order chi connectivity index (χ0) is 15.7. The third-order valence-electron chi connectivity index (χ3n) is 4.54. The fourth-order valence-corrected chi connectivity index (χ4v) is 3.23. The number of hydrogen-bond donors (Lipinski definition) is 0. The molecule has 0 aromatic carbocycles. The summed E-state index contributed by atoms with van der Waals surface area (Å²) in [5.41, 5.74) is 1.63. The van der Waals surface area contributed by atoms with Crippen LogP contribution in [0.15, 0.2) is 18.6 Å². The first kappa shape index (κ1) is 15.0. The van der Waals surface area contributed by atoms with E-state index in [0.29, 0.717) is 0 Å². The van der Waals surface area contributed by atoms with E-state index in [1.807, 2.05) is 39.5 Å². The summed E-state index contributed by atoms with van der Waals surface area (Å²) in [6.07, 6.45) is 7.40. The van der Waals surface area contributed by atoms with Crippen LogP contribution in [0.2, 0.25) is 0 Å². The van der Waals surface area contributed by atoms with Crippen molar-refractivity contribution in [2.75, 3.05) is 25.1 Å². The van der Waals surface area contributed by atoms with Gasteiger partial charge in [0.1, 0.15) is 17.2 Å². The Hall–Kier alpha value is -1.95. The van der Waals surface area contributed by atoms with Crippen molar-refractivity contribution in [1.29, 1.82) is 0 Å². The van der Waals surface area contributed by atoms with E-state index >= 15 is 0 Å². The summed E-state index contributed by atoms with van der Waals surface area (Å²) >= 11 is 0. The van der Waals surface area contributed by atoms with Crippen molar-refractivity contribution < 1.29 is 4.74 Å². The molecule has 22 heavy (non-hydrogen) atoms. The topological polar surface area (TPSA) is 56.1 Å². The third-order valence-corrected chi connectivity index (χ3v) is 4.54. The van der Waals surface area contributed by atoms with Gasteiger partial charge in [-0.05, 0) is 13.8 Å². The van der Waals surface area contributed by atoms with Crippen LogP contribution in [0.3, 0.4) is 0 Å². The minimum Gasteiger partial charge on any atom is -0.370 e. The summed E-state index contributed by atoms with van der Waals surface area (Å²) in [5.74, 6) is 1.99. The Kier molecular flexibility index (Phi) is 3.87. The molecular formula is C16H23N5O. The second-order valence-electron chi connectivity index (χ2n) is 5.97. The van der Waals surface area contributed by atoms with Crippen LogP contribution < -0.4 is 4.90 Å². The van der Waals surface area contributed by atoms with Crippen molar-refractivity contribution in [2.24, 2.45) is 7.05 Å². The molecule has 1 fully saturated rings. The first-order valence-electron chi connectivity index (χ1n) is 7.64. The SMILES string of the molecule is COC1(c2nccn2C)CCN(c2nc(C)cnc2C)CC1. The number of piperidine rings is 1. The standard InChI is InChI=1S/C16H23N5O/c1-12-11-18-13(2)14(19-12)21-8-5-16(22-4,6-9-21)15-17-7-10-20(15)3/h7,10-11H,5-6,8-9H2,1-4H3. The van der Waals surface area contributed by atoms with Crippen LogP contribution in [0.5, 0.6) is 0 Å². The van der Waals surface area contributed by atoms with Gasteiger partial charge in [-0.2, -0.15) is 0 Å². The van der Waals surface area contributed by atoms with Crippen molar-refractivity contribution in [3.05, 3.63) is 35.8 Å². The summed E-state index contributed by atoms with van der Waals surface area (Å²) in [7, 11) is 3.80. The molecule has 0 unspecified atom stereocenters. The molecule has 0 spiro atoms. The third kappa shape index (κ3) is 2.47. The van der Waals surface area contributed by atoms with Gasteiger partial charge in [-0.3, -0.25) is 4.98 Å². The van der Waals surface area contributed by atoms with Gasteiger partial charge in [-0.15, -0.1) is 0 Å². The molecule has 0 N–H and O–H groups in total. The summed E-state index contributed by atoms with van der Waals surface area (Å²) in [6.45, 7) is 5.77. The van der Waals surface area contributed by atoms with Gasteiger partial charge in [0.25, 0.3) is 0 Å². The first-order chi connectivity index (χ1) is 10.6. The van der Waals surface area contributed by atoms with Crippen molar-refractivity contribution >= 4 is 5.82 Å². The molecule has 118 valence electrons. The summed E-state index contributed by atoms with van der Waals surface area (Å²) < 4.78 is 7.95. The Morgan fingerprint density at radius 2 is 1.91 bits per heavy atom. The lowest BCUT2D eigenvalue weighted by Gasteiger charge is -2.40. The van der Waals surface area contributed by atoms with Crippen LogP contribution in [0.1, 0.15) is 30.1 Å². The van der Waals surface area contributed by atoms with E-state index in [9.17, 15) is 0 Å². The molecule has 2 aromatic heterocycles. The molecular weight excluding hydrogens is 278 g/mol. The number of nitrogens with zero attached hydrogens (tertiary/aromatic N) is 5. The maximum atomic E-state index is 5.90. The van der Waals surface area contributed by atoms with E-state index in [0.717, 1.165) is 49.0 Å². The van der Waals surface area contributed by atoms with Crippen LogP contribution in [0, 0.1) is 13.8 Å². The average Bonchev–Trinajstić information content (AvgIpc) is 2.97. The molecule has 0 aliphatic carbocycles. The minimum absolute atomic E-state index is 0.306. The minimum atomic E-state index is -0.306. The van der Waals surface area contributed by atoms with E-state index in [1.54, 1.807) is 7.11 Å². The molecule has 1 aliphatic rings. The number of ether oxygens (including phenoxy) is 1. The number of aryl methyl sites for hydroxylation is 3. The molecule has 0 radical (unpaired) electrons. The van der Waals surface area contributed by atoms with E-state index in [2.05, 4.69) is 24.4 Å². The lowest BCUT2D eigenvalue weighted by atomic mass is 9.90. The quantitative estimate of drug-likeness (QED) is 0.867. The highest BCUT2D eigenvalue weighted by molar-refractivity contribution is 5.44. The van der Waals surface area contributed by atoms with Crippen molar-refractivity contribution in [3.8, 4) is 0 Å². The second-order valence-corrected chi connectivity index (χ2v) is 5.97. The fraction of sp³-hybridized carbons (Fsp3) is 0.562. The van der Waals surface area contributed by atoms with Crippen LogP contribution in [0.25, 0.3) is 0 Å². The molecule has 2 aromatic rings. The maximum absolute atomic E-state index is 5.90. The Labute approximate surface area is 131 Å². The van der Waals surface area contributed by atoms with Gasteiger partial charge >= 0.3 is 0 Å². The highest BCUT2D eigenvalue weighted by Crippen LogP contribution is 2.36. The highest BCUT2D eigenvalue weighted by Gasteiger charge is 2.40. The van der Waals surface area contributed by atoms with E-state index in [-0.39, 0.29) is 5.60 Å². The molecule has 3 rings (SSSR count). The zero-order valence-corrected chi connectivity index (χ0v) is 13.7. The maximum Gasteiger partial charge on any atom is 0.150 e. The first-order valence-corrected chi connectivity index (χ1v) is 7.64. The van der Waals surface area contributed by atoms with E-state index < -0.39 is 0 Å². The fourth-order valence-electron chi connectivity index (χ4n) is 3.23. The van der Waals surface area contributed by atoms with Crippen molar-refractivity contribution in [1.82, 2.24) is 19.5 Å². The second kappa shape index (κ2) is 5.68. The van der Waals surface area contributed by atoms with Gasteiger partial charge in [-0.1, -0.05) is 0 Å². The Morgan fingerprint density at radius 3 is 2.50 bits per heavy atom. The normalized spacial score (nSPS) is 17.7. The van der Waals surface area contributed by atoms with E-state index in [4.69, 9.17) is 4.74 Å².